The monoisotopic (exact) mass is 358 g/mol. The highest BCUT2D eigenvalue weighted by molar-refractivity contribution is 6.34. The Bertz CT molecular complexity index is 862. The van der Waals surface area contributed by atoms with Crippen LogP contribution < -0.4 is 10.4 Å². The van der Waals surface area contributed by atoms with Crippen molar-refractivity contribution in [1.82, 2.24) is 0 Å². The number of aromatic carboxylic acids is 1. The van der Waals surface area contributed by atoms with Crippen molar-refractivity contribution < 1.29 is 9.90 Å². The molecule has 0 bridgehead atoms. The van der Waals surface area contributed by atoms with E-state index in [1.165, 1.54) is 6.07 Å². The lowest BCUT2D eigenvalue weighted by Crippen LogP contribution is -2.30. The first kappa shape index (κ1) is 15.6. The Kier molecular flexibility index (Phi) is 3.78. The Labute approximate surface area is 149 Å². The zero-order valence-electron chi connectivity index (χ0n) is 12.6. The number of rotatable bonds is 2. The summed E-state index contributed by atoms with van der Waals surface area (Å²) < 4.78 is 0. The highest BCUT2D eigenvalue weighted by Crippen LogP contribution is 2.51. The normalized spacial score (nSPS) is 24.2. The number of allylic oxidation sites excluding steroid dienone is 2. The summed E-state index contributed by atoms with van der Waals surface area (Å²) >= 11 is 12.5. The Balaban J connectivity index is 1.83. The fourth-order valence-corrected chi connectivity index (χ4v) is 4.28. The van der Waals surface area contributed by atoms with Crippen molar-refractivity contribution in [3.8, 4) is 0 Å². The number of carboxylic acid groups (broad SMARTS) is 1. The molecule has 1 aliphatic heterocycles. The van der Waals surface area contributed by atoms with Gasteiger partial charge in [0.15, 0.2) is 0 Å². The number of nitrogens with one attached hydrogen (secondary N) is 1. The number of hydrogen-bond acceptors (Lipinski definition) is 3. The van der Waals surface area contributed by atoms with E-state index in [0.29, 0.717) is 16.0 Å². The molecule has 0 spiro atoms. The fourth-order valence-electron chi connectivity index (χ4n) is 3.80. The lowest BCUT2D eigenvalue weighted by Gasteiger charge is -2.38. The number of fused-ring (bicyclic) bond motifs is 3. The third-order valence-electron chi connectivity index (χ3n) is 4.86. The minimum Gasteiger partial charge on any atom is -0.545 e. The summed E-state index contributed by atoms with van der Waals surface area (Å²) in [5, 5.41) is 15.8. The number of carbonyl (C=O) groups is 1. The highest BCUT2D eigenvalue weighted by Gasteiger charge is 2.38. The van der Waals surface area contributed by atoms with Gasteiger partial charge in [0.05, 0.1) is 22.7 Å². The number of halogens is 2. The fraction of sp³-hybridized carbons (Fsp3) is 0.211. The zero-order valence-corrected chi connectivity index (χ0v) is 14.1. The maximum Gasteiger partial charge on any atom is 0.0715 e. The standard InChI is InChI=1S/C19H15Cl2NO2/c20-12-4-1-3-10(7-12)17-14-6-2-5-13(14)15-8-11(19(23)24)9-16(21)18(15)22-17/h1-5,7-9,13-14,17,22H,6H2,(H,23,24)/p-1/t13-,14+,17+/m1/s1. The van der Waals surface area contributed by atoms with E-state index in [4.69, 9.17) is 23.2 Å². The molecule has 0 aromatic heterocycles. The minimum atomic E-state index is -1.21. The van der Waals surface area contributed by atoms with Crippen LogP contribution in [0.1, 0.15) is 39.9 Å². The van der Waals surface area contributed by atoms with Gasteiger partial charge in [0.1, 0.15) is 0 Å². The van der Waals surface area contributed by atoms with E-state index >= 15 is 0 Å². The summed E-state index contributed by atoms with van der Waals surface area (Å²) in [6.45, 7) is 0. The van der Waals surface area contributed by atoms with Crippen LogP contribution in [-0.2, 0) is 0 Å². The van der Waals surface area contributed by atoms with Gasteiger partial charge in [-0.2, -0.15) is 0 Å². The van der Waals surface area contributed by atoms with Crippen LogP contribution in [0.5, 0.6) is 0 Å². The first-order chi connectivity index (χ1) is 11.5. The lowest BCUT2D eigenvalue weighted by molar-refractivity contribution is -0.255. The predicted molar refractivity (Wildman–Crippen MR) is 93.6 cm³/mol. The Morgan fingerprint density at radius 1 is 1.21 bits per heavy atom. The van der Waals surface area contributed by atoms with Crippen molar-refractivity contribution in [3.05, 3.63) is 75.3 Å². The Morgan fingerprint density at radius 2 is 2.04 bits per heavy atom. The summed E-state index contributed by atoms with van der Waals surface area (Å²) in [6, 6.07) is 11.0. The highest BCUT2D eigenvalue weighted by atomic mass is 35.5. The second-order valence-corrected chi connectivity index (χ2v) is 7.08. The van der Waals surface area contributed by atoms with Crippen molar-refractivity contribution in [2.24, 2.45) is 5.92 Å². The summed E-state index contributed by atoms with van der Waals surface area (Å²) in [5.41, 5.74) is 2.92. The van der Waals surface area contributed by atoms with E-state index < -0.39 is 5.97 Å². The topological polar surface area (TPSA) is 52.2 Å². The SMILES string of the molecule is O=C([O-])c1cc(Cl)c2c(c1)[C@@H]1C=CC[C@@H]1[C@H](c1cccc(Cl)c1)N2. The van der Waals surface area contributed by atoms with E-state index in [1.807, 2.05) is 24.3 Å². The second kappa shape index (κ2) is 5.83. The van der Waals surface area contributed by atoms with Gasteiger partial charge in [0.2, 0.25) is 0 Å². The summed E-state index contributed by atoms with van der Waals surface area (Å²) in [7, 11) is 0. The third kappa shape index (κ3) is 2.48. The molecule has 2 aromatic carbocycles. The molecule has 1 heterocycles. The predicted octanol–water partition coefficient (Wildman–Crippen LogP) is 4.18. The Hall–Kier alpha value is -1.97. The number of anilines is 1. The molecule has 0 fully saturated rings. The van der Waals surface area contributed by atoms with Gasteiger partial charge in [0, 0.05) is 10.9 Å². The molecule has 0 saturated carbocycles. The quantitative estimate of drug-likeness (QED) is 0.819. The molecule has 5 heteroatoms. The van der Waals surface area contributed by atoms with Gasteiger partial charge in [-0.05, 0) is 53.3 Å². The van der Waals surface area contributed by atoms with Crippen LogP contribution in [0.3, 0.4) is 0 Å². The number of carboxylic acids is 1. The smallest absolute Gasteiger partial charge is 0.0715 e. The van der Waals surface area contributed by atoms with Crippen LogP contribution in [0.4, 0.5) is 5.69 Å². The number of carbonyl (C=O) groups excluding carboxylic acids is 1. The first-order valence-corrected chi connectivity index (χ1v) is 8.53. The molecule has 1 aliphatic carbocycles. The molecule has 3 nitrogen and oxygen atoms in total. The molecule has 0 unspecified atom stereocenters. The molecule has 0 radical (unpaired) electrons. The van der Waals surface area contributed by atoms with Crippen LogP contribution in [0.25, 0.3) is 0 Å². The van der Waals surface area contributed by atoms with E-state index in [-0.39, 0.29) is 17.5 Å². The molecule has 3 atom stereocenters. The van der Waals surface area contributed by atoms with Crippen molar-refractivity contribution in [2.45, 2.75) is 18.4 Å². The zero-order chi connectivity index (χ0) is 16.8. The molecule has 122 valence electrons. The molecule has 2 aromatic rings. The van der Waals surface area contributed by atoms with E-state index in [2.05, 4.69) is 17.5 Å². The van der Waals surface area contributed by atoms with Gasteiger partial charge in [-0.25, -0.2) is 0 Å². The largest absolute Gasteiger partial charge is 0.545 e. The average molecular weight is 359 g/mol. The van der Waals surface area contributed by atoms with Crippen molar-refractivity contribution in [1.29, 1.82) is 0 Å². The molecule has 0 saturated heterocycles. The Morgan fingerprint density at radius 3 is 2.79 bits per heavy atom. The summed E-state index contributed by atoms with van der Waals surface area (Å²) in [6.07, 6.45) is 5.20. The summed E-state index contributed by atoms with van der Waals surface area (Å²) in [4.78, 5) is 11.2. The minimum absolute atomic E-state index is 0.0718. The van der Waals surface area contributed by atoms with Gasteiger partial charge < -0.3 is 15.2 Å². The maximum atomic E-state index is 11.2. The van der Waals surface area contributed by atoms with Crippen molar-refractivity contribution in [3.63, 3.8) is 0 Å². The first-order valence-electron chi connectivity index (χ1n) is 7.78. The molecule has 4 rings (SSSR count). The van der Waals surface area contributed by atoms with Crippen LogP contribution in [0, 0.1) is 5.92 Å². The maximum absolute atomic E-state index is 11.2. The molecular formula is C19H14Cl2NO2-. The average Bonchev–Trinajstić information content (AvgIpc) is 3.04. The van der Waals surface area contributed by atoms with Crippen LogP contribution in [-0.4, -0.2) is 5.97 Å². The number of benzene rings is 2. The van der Waals surface area contributed by atoms with Crippen molar-refractivity contribution in [2.75, 3.05) is 5.32 Å². The van der Waals surface area contributed by atoms with Crippen molar-refractivity contribution >= 4 is 34.9 Å². The van der Waals surface area contributed by atoms with E-state index in [0.717, 1.165) is 23.2 Å². The molecule has 1 N–H and O–H groups in total. The van der Waals surface area contributed by atoms with Gasteiger partial charge in [-0.1, -0.05) is 47.5 Å². The lowest BCUT2D eigenvalue weighted by atomic mass is 9.76. The second-order valence-electron chi connectivity index (χ2n) is 6.24. The van der Waals surface area contributed by atoms with Gasteiger partial charge in [-0.3, -0.25) is 0 Å². The van der Waals surface area contributed by atoms with Crippen LogP contribution in [0.15, 0.2) is 48.6 Å². The third-order valence-corrected chi connectivity index (χ3v) is 5.40. The van der Waals surface area contributed by atoms with E-state index in [9.17, 15) is 9.90 Å². The van der Waals surface area contributed by atoms with Gasteiger partial charge in [-0.15, -0.1) is 0 Å². The molecule has 2 aliphatic rings. The molecule has 24 heavy (non-hydrogen) atoms. The van der Waals surface area contributed by atoms with Crippen LogP contribution in [0.2, 0.25) is 10.0 Å². The van der Waals surface area contributed by atoms with E-state index in [1.54, 1.807) is 6.07 Å². The summed E-state index contributed by atoms with van der Waals surface area (Å²) in [5.74, 6) is -0.790. The number of hydrogen-bond donors (Lipinski definition) is 1. The van der Waals surface area contributed by atoms with Gasteiger partial charge in [0.25, 0.3) is 0 Å². The van der Waals surface area contributed by atoms with Gasteiger partial charge >= 0.3 is 0 Å². The molecule has 0 amide bonds. The molecular weight excluding hydrogens is 345 g/mol. The van der Waals surface area contributed by atoms with Crippen LogP contribution >= 0.6 is 23.2 Å².